The molecule has 3 rings (SSSR count). The van der Waals surface area contributed by atoms with Crippen LogP contribution in [0.15, 0.2) is 72.8 Å². The molecule has 0 unspecified atom stereocenters. The van der Waals surface area contributed by atoms with E-state index in [1.807, 2.05) is 0 Å². The summed E-state index contributed by atoms with van der Waals surface area (Å²) in [5.41, 5.74) is 2.02. The summed E-state index contributed by atoms with van der Waals surface area (Å²) >= 11 is 0. The summed E-state index contributed by atoms with van der Waals surface area (Å²) in [4.78, 5) is 24.6. The molecule has 3 aromatic carbocycles. The number of carbonyl (C=O) groups is 2. The molecule has 148 valence electrons. The monoisotopic (exact) mass is 392 g/mol. The maximum atomic E-state index is 13.6. The van der Waals surface area contributed by atoms with Crippen LogP contribution >= 0.6 is 0 Å². The Labute approximate surface area is 168 Å². The van der Waals surface area contributed by atoms with Gasteiger partial charge in [0.25, 0.3) is 11.8 Å². The minimum atomic E-state index is -0.287. The first kappa shape index (κ1) is 20.1. The summed E-state index contributed by atoms with van der Waals surface area (Å²) in [6.07, 6.45) is 0.402. The zero-order valence-electron chi connectivity index (χ0n) is 15.9. The number of anilines is 1. The molecular formula is C23H21FN2O3. The molecule has 0 bridgehead atoms. The first-order valence-corrected chi connectivity index (χ1v) is 9.14. The van der Waals surface area contributed by atoms with Crippen molar-refractivity contribution in [2.75, 3.05) is 19.0 Å². The minimum absolute atomic E-state index is 0.277. The molecule has 0 heterocycles. The van der Waals surface area contributed by atoms with E-state index in [0.717, 1.165) is 0 Å². The molecule has 0 aromatic heterocycles. The number of nitrogens with one attached hydrogen (secondary N) is 2. The number of benzene rings is 3. The van der Waals surface area contributed by atoms with Crippen LogP contribution in [0.4, 0.5) is 10.1 Å². The van der Waals surface area contributed by atoms with Crippen LogP contribution in [0.1, 0.15) is 26.3 Å². The molecule has 0 spiro atoms. The van der Waals surface area contributed by atoms with Gasteiger partial charge in [-0.1, -0.05) is 24.3 Å². The average molecular weight is 392 g/mol. The van der Waals surface area contributed by atoms with Gasteiger partial charge in [0, 0.05) is 29.4 Å². The Morgan fingerprint density at radius 3 is 2.28 bits per heavy atom. The highest BCUT2D eigenvalue weighted by molar-refractivity contribution is 6.05. The number of halogens is 1. The Morgan fingerprint density at radius 2 is 1.59 bits per heavy atom. The van der Waals surface area contributed by atoms with Gasteiger partial charge >= 0.3 is 0 Å². The minimum Gasteiger partial charge on any atom is -0.497 e. The molecule has 29 heavy (non-hydrogen) atoms. The van der Waals surface area contributed by atoms with Gasteiger partial charge in [-0.05, 0) is 54.4 Å². The molecule has 5 nitrogen and oxygen atoms in total. The van der Waals surface area contributed by atoms with E-state index >= 15 is 0 Å². The summed E-state index contributed by atoms with van der Waals surface area (Å²) in [6, 6.07) is 19.9. The molecule has 3 aromatic rings. The summed E-state index contributed by atoms with van der Waals surface area (Å²) in [7, 11) is 1.56. The van der Waals surface area contributed by atoms with Gasteiger partial charge in [0.2, 0.25) is 0 Å². The highest BCUT2D eigenvalue weighted by Gasteiger charge is 2.10. The highest BCUT2D eigenvalue weighted by Crippen LogP contribution is 2.17. The third-order valence-electron chi connectivity index (χ3n) is 4.37. The number of hydrogen-bond acceptors (Lipinski definition) is 3. The van der Waals surface area contributed by atoms with E-state index in [-0.39, 0.29) is 17.6 Å². The lowest BCUT2D eigenvalue weighted by Gasteiger charge is -2.08. The number of amides is 2. The van der Waals surface area contributed by atoms with Crippen LogP contribution in [-0.2, 0) is 6.42 Å². The van der Waals surface area contributed by atoms with Crippen LogP contribution in [-0.4, -0.2) is 25.5 Å². The van der Waals surface area contributed by atoms with E-state index in [2.05, 4.69) is 10.6 Å². The lowest BCUT2D eigenvalue weighted by molar-refractivity contribution is 0.0952. The molecular weight excluding hydrogens is 371 g/mol. The predicted molar refractivity (Wildman–Crippen MR) is 110 cm³/mol. The number of methoxy groups -OCH3 is 1. The van der Waals surface area contributed by atoms with Crippen LogP contribution in [0.25, 0.3) is 0 Å². The molecule has 0 radical (unpaired) electrons. The largest absolute Gasteiger partial charge is 0.497 e. The number of ether oxygens (including phenoxy) is 1. The molecule has 0 atom stereocenters. The number of carbonyl (C=O) groups excluding carboxylic acids is 2. The zero-order chi connectivity index (χ0) is 20.6. The maximum Gasteiger partial charge on any atom is 0.255 e. The smallest absolute Gasteiger partial charge is 0.255 e. The van der Waals surface area contributed by atoms with E-state index in [9.17, 15) is 14.0 Å². The second-order valence-electron chi connectivity index (χ2n) is 6.36. The fraction of sp³-hybridized carbons (Fsp3) is 0.130. The summed E-state index contributed by atoms with van der Waals surface area (Å²) in [5.74, 6) is -0.204. The van der Waals surface area contributed by atoms with Crippen molar-refractivity contribution < 1.29 is 18.7 Å². The Balaban J connectivity index is 1.55. The van der Waals surface area contributed by atoms with Crippen molar-refractivity contribution in [3.63, 3.8) is 0 Å². The van der Waals surface area contributed by atoms with Crippen molar-refractivity contribution in [2.24, 2.45) is 0 Å². The van der Waals surface area contributed by atoms with Crippen molar-refractivity contribution in [1.82, 2.24) is 5.32 Å². The van der Waals surface area contributed by atoms with Crippen molar-refractivity contribution in [3.05, 3.63) is 95.3 Å². The molecule has 0 saturated carbocycles. The van der Waals surface area contributed by atoms with Gasteiger partial charge < -0.3 is 15.4 Å². The summed E-state index contributed by atoms with van der Waals surface area (Å²) in [5, 5.41) is 5.54. The SMILES string of the molecule is COc1cccc(NC(=O)c2ccc(C(=O)NCCc3ccccc3F)cc2)c1. The Hall–Kier alpha value is -3.67. The van der Waals surface area contributed by atoms with Gasteiger partial charge in [-0.25, -0.2) is 4.39 Å². The second-order valence-corrected chi connectivity index (χ2v) is 6.36. The molecule has 2 amide bonds. The summed E-state index contributed by atoms with van der Waals surface area (Å²) < 4.78 is 18.7. The first-order chi connectivity index (χ1) is 14.1. The maximum absolute atomic E-state index is 13.6. The van der Waals surface area contributed by atoms with Crippen LogP contribution in [0, 0.1) is 5.82 Å². The molecule has 0 aliphatic carbocycles. The lowest BCUT2D eigenvalue weighted by Crippen LogP contribution is -2.26. The van der Waals surface area contributed by atoms with Crippen molar-refractivity contribution >= 4 is 17.5 Å². The van der Waals surface area contributed by atoms with Crippen LogP contribution in [0.2, 0.25) is 0 Å². The lowest BCUT2D eigenvalue weighted by atomic mass is 10.1. The van der Waals surface area contributed by atoms with E-state index in [1.165, 1.54) is 6.07 Å². The van der Waals surface area contributed by atoms with E-state index in [4.69, 9.17) is 4.74 Å². The predicted octanol–water partition coefficient (Wildman–Crippen LogP) is 4.06. The topological polar surface area (TPSA) is 67.4 Å². The third-order valence-corrected chi connectivity index (χ3v) is 4.37. The third kappa shape index (κ3) is 5.42. The van der Waals surface area contributed by atoms with Crippen LogP contribution in [0.3, 0.4) is 0 Å². The quantitative estimate of drug-likeness (QED) is 0.637. The number of hydrogen-bond donors (Lipinski definition) is 2. The summed E-state index contributed by atoms with van der Waals surface area (Å²) in [6.45, 7) is 0.317. The molecule has 0 aliphatic heterocycles. The van der Waals surface area contributed by atoms with Gasteiger partial charge in [-0.2, -0.15) is 0 Å². The standard InChI is InChI=1S/C23H21FN2O3/c1-29-20-7-4-6-19(15-20)26-23(28)18-11-9-17(10-12-18)22(27)25-14-13-16-5-2-3-8-21(16)24/h2-12,15H,13-14H2,1H3,(H,25,27)(H,26,28). The van der Waals surface area contributed by atoms with Gasteiger partial charge in [0.15, 0.2) is 0 Å². The number of rotatable bonds is 7. The normalized spacial score (nSPS) is 10.3. The van der Waals surface area contributed by atoms with Crippen molar-refractivity contribution in [3.8, 4) is 5.75 Å². The Morgan fingerprint density at radius 1 is 0.897 bits per heavy atom. The van der Waals surface area contributed by atoms with E-state index in [0.29, 0.717) is 41.1 Å². The van der Waals surface area contributed by atoms with Gasteiger partial charge in [-0.15, -0.1) is 0 Å². The van der Waals surface area contributed by atoms with Crippen molar-refractivity contribution in [1.29, 1.82) is 0 Å². The average Bonchev–Trinajstić information content (AvgIpc) is 2.75. The fourth-order valence-corrected chi connectivity index (χ4v) is 2.79. The van der Waals surface area contributed by atoms with E-state index in [1.54, 1.807) is 73.8 Å². The molecule has 0 aliphatic rings. The second kappa shape index (κ2) is 9.50. The van der Waals surface area contributed by atoms with Gasteiger partial charge in [0.1, 0.15) is 11.6 Å². The van der Waals surface area contributed by atoms with Crippen LogP contribution in [0.5, 0.6) is 5.75 Å². The van der Waals surface area contributed by atoms with E-state index < -0.39 is 0 Å². The molecule has 0 saturated heterocycles. The Kier molecular flexibility index (Phi) is 6.58. The highest BCUT2D eigenvalue weighted by atomic mass is 19.1. The Bertz CT molecular complexity index is 1000. The fourth-order valence-electron chi connectivity index (χ4n) is 2.79. The molecule has 6 heteroatoms. The van der Waals surface area contributed by atoms with Crippen LogP contribution < -0.4 is 15.4 Å². The first-order valence-electron chi connectivity index (χ1n) is 9.14. The molecule has 0 fully saturated rings. The molecule has 2 N–H and O–H groups in total. The zero-order valence-corrected chi connectivity index (χ0v) is 15.9. The van der Waals surface area contributed by atoms with Gasteiger partial charge in [-0.3, -0.25) is 9.59 Å². The van der Waals surface area contributed by atoms with Gasteiger partial charge in [0.05, 0.1) is 7.11 Å². The van der Waals surface area contributed by atoms with Crippen molar-refractivity contribution in [2.45, 2.75) is 6.42 Å².